The monoisotopic (exact) mass is 326 g/mol. The Hall–Kier alpha value is -2.90. The maximum atomic E-state index is 11.5. The lowest BCUT2D eigenvalue weighted by molar-refractivity contribution is -0.162. The molecule has 0 aromatic carbocycles. The summed E-state index contributed by atoms with van der Waals surface area (Å²) in [5.74, 6) is -4.28. The number of carbonyl (C=O) groups is 4. The van der Waals surface area contributed by atoms with Crippen molar-refractivity contribution in [3.63, 3.8) is 0 Å². The summed E-state index contributed by atoms with van der Waals surface area (Å²) in [7, 11) is 0. The van der Waals surface area contributed by atoms with Crippen molar-refractivity contribution in [2.24, 2.45) is 0 Å². The minimum absolute atomic E-state index is 0.115. The highest BCUT2D eigenvalue weighted by Crippen LogP contribution is 2.05. The normalized spacial score (nSPS) is 9.70. The second kappa shape index (κ2) is 9.19. The first-order valence-electron chi connectivity index (χ1n) is 6.34. The van der Waals surface area contributed by atoms with Crippen molar-refractivity contribution >= 4 is 23.9 Å². The van der Waals surface area contributed by atoms with Gasteiger partial charge in [-0.3, -0.25) is 0 Å². The molecule has 1 N–H and O–H groups in total. The van der Waals surface area contributed by atoms with Crippen LogP contribution in [0, 0.1) is 0 Å². The molecule has 0 rings (SSSR count). The molecule has 0 aliphatic heterocycles. The topological polar surface area (TPSA) is 116 Å². The summed E-state index contributed by atoms with van der Waals surface area (Å²) in [6.45, 7) is 11.7. The number of rotatable bonds is 9. The summed E-state index contributed by atoms with van der Waals surface area (Å²) in [6, 6.07) is 0. The molecule has 0 radical (unpaired) electrons. The minimum Gasteiger partial charge on any atom is -0.477 e. The molecule has 0 aliphatic carbocycles. The number of carbonyl (C=O) groups excluding carboxylic acids is 3. The molecule has 0 atom stereocenters. The van der Waals surface area contributed by atoms with Gasteiger partial charge in [-0.25, -0.2) is 19.2 Å². The van der Waals surface area contributed by atoms with Crippen molar-refractivity contribution in [2.45, 2.75) is 20.0 Å². The molecule has 0 aromatic heterocycles. The van der Waals surface area contributed by atoms with Gasteiger partial charge in [0.15, 0.2) is 6.10 Å². The van der Waals surface area contributed by atoms with Gasteiger partial charge in [0.2, 0.25) is 0 Å². The second-order valence-corrected chi connectivity index (χ2v) is 4.57. The van der Waals surface area contributed by atoms with Crippen LogP contribution in [-0.2, 0) is 33.4 Å². The van der Waals surface area contributed by atoms with Crippen LogP contribution in [0.3, 0.4) is 0 Å². The molecule has 0 fully saturated rings. The molecule has 0 amide bonds. The highest BCUT2D eigenvalue weighted by Gasteiger charge is 2.24. The number of esters is 3. The zero-order valence-corrected chi connectivity index (χ0v) is 12.9. The lowest BCUT2D eigenvalue weighted by Crippen LogP contribution is -2.32. The summed E-state index contributed by atoms with van der Waals surface area (Å²) in [4.78, 5) is 44.8. The van der Waals surface area contributed by atoms with Gasteiger partial charge in [-0.2, -0.15) is 0 Å². The highest BCUT2D eigenvalue weighted by atomic mass is 16.6. The maximum Gasteiger partial charge on any atom is 0.345 e. The molecule has 0 spiro atoms. The molecule has 0 saturated heterocycles. The summed E-state index contributed by atoms with van der Waals surface area (Å²) < 4.78 is 14.4. The van der Waals surface area contributed by atoms with Crippen LogP contribution in [0.25, 0.3) is 0 Å². The van der Waals surface area contributed by atoms with Crippen molar-refractivity contribution in [2.75, 3.05) is 13.2 Å². The van der Waals surface area contributed by atoms with Crippen LogP contribution in [0.1, 0.15) is 13.8 Å². The van der Waals surface area contributed by atoms with Crippen molar-refractivity contribution in [1.29, 1.82) is 0 Å². The fourth-order valence-corrected chi connectivity index (χ4v) is 1.01. The summed E-state index contributed by atoms with van der Waals surface area (Å²) >= 11 is 0. The molecule has 0 aliphatic rings. The number of ether oxygens (including phenoxy) is 3. The van der Waals surface area contributed by atoms with Crippen LogP contribution in [0.4, 0.5) is 0 Å². The van der Waals surface area contributed by atoms with Gasteiger partial charge < -0.3 is 19.3 Å². The average Bonchev–Trinajstić information content (AvgIpc) is 2.47. The molecule has 8 heteroatoms. The van der Waals surface area contributed by atoms with E-state index in [1.807, 2.05) is 0 Å². The summed E-state index contributed by atoms with van der Waals surface area (Å²) in [5.41, 5.74) is -0.583. The zero-order chi connectivity index (χ0) is 18.2. The van der Waals surface area contributed by atoms with E-state index in [2.05, 4.69) is 19.7 Å². The van der Waals surface area contributed by atoms with E-state index in [1.165, 1.54) is 13.8 Å². The van der Waals surface area contributed by atoms with Gasteiger partial charge >= 0.3 is 23.9 Å². The van der Waals surface area contributed by atoms with E-state index < -0.39 is 48.8 Å². The Morgan fingerprint density at radius 2 is 1.26 bits per heavy atom. The van der Waals surface area contributed by atoms with Crippen molar-refractivity contribution < 1.29 is 38.5 Å². The predicted octanol–water partition coefficient (Wildman–Crippen LogP) is 0.778. The first-order valence-corrected chi connectivity index (χ1v) is 6.34. The number of carboxylic acids is 1. The van der Waals surface area contributed by atoms with E-state index in [0.29, 0.717) is 0 Å². The smallest absolute Gasteiger partial charge is 0.345 e. The maximum absolute atomic E-state index is 11.5. The van der Waals surface area contributed by atoms with E-state index in [9.17, 15) is 19.2 Å². The SMILES string of the molecule is C=C(C)C(=O)OCC(COC(=O)C(=C)C)OC(=O)C(=C)C(=O)O. The molecular weight excluding hydrogens is 308 g/mol. The molecule has 8 nitrogen and oxygen atoms in total. The highest BCUT2D eigenvalue weighted by molar-refractivity contribution is 6.12. The Bertz CT molecular complexity index is 528. The van der Waals surface area contributed by atoms with E-state index in [0.717, 1.165) is 0 Å². The summed E-state index contributed by atoms with van der Waals surface area (Å²) in [6.07, 6.45) is -1.20. The van der Waals surface area contributed by atoms with E-state index in [-0.39, 0.29) is 11.1 Å². The number of aliphatic carboxylic acids is 1. The second-order valence-electron chi connectivity index (χ2n) is 4.57. The van der Waals surface area contributed by atoms with Gasteiger partial charge in [-0.05, 0) is 13.8 Å². The van der Waals surface area contributed by atoms with Crippen LogP contribution in [0.2, 0.25) is 0 Å². The zero-order valence-electron chi connectivity index (χ0n) is 12.9. The van der Waals surface area contributed by atoms with Gasteiger partial charge in [0.05, 0.1) is 0 Å². The first kappa shape index (κ1) is 20.1. The average molecular weight is 326 g/mol. The third kappa shape index (κ3) is 7.60. The number of carboxylic acid groups (broad SMARTS) is 1. The van der Waals surface area contributed by atoms with E-state index in [1.54, 1.807) is 0 Å². The Morgan fingerprint density at radius 3 is 1.57 bits per heavy atom. The van der Waals surface area contributed by atoms with Crippen molar-refractivity contribution in [3.8, 4) is 0 Å². The Morgan fingerprint density at radius 1 is 0.870 bits per heavy atom. The molecule has 23 heavy (non-hydrogen) atoms. The van der Waals surface area contributed by atoms with Crippen LogP contribution in [-0.4, -0.2) is 48.3 Å². The van der Waals surface area contributed by atoms with Crippen LogP contribution in [0.5, 0.6) is 0 Å². The third-order valence-electron chi connectivity index (χ3n) is 2.28. The molecule has 0 heterocycles. The summed E-state index contributed by atoms with van der Waals surface area (Å²) in [5, 5.41) is 8.65. The number of hydrogen-bond acceptors (Lipinski definition) is 7. The van der Waals surface area contributed by atoms with Crippen molar-refractivity contribution in [1.82, 2.24) is 0 Å². The Labute approximate surface area is 133 Å². The molecule has 0 saturated carbocycles. The largest absolute Gasteiger partial charge is 0.477 e. The first-order chi connectivity index (χ1) is 10.6. The Kier molecular flexibility index (Phi) is 8.03. The fourth-order valence-electron chi connectivity index (χ4n) is 1.01. The molecule has 0 aromatic rings. The number of hydrogen-bond donors (Lipinski definition) is 1. The third-order valence-corrected chi connectivity index (χ3v) is 2.28. The van der Waals surface area contributed by atoms with Crippen LogP contribution >= 0.6 is 0 Å². The fraction of sp³-hybridized carbons (Fsp3) is 0.333. The quantitative estimate of drug-likeness (QED) is 0.217. The minimum atomic E-state index is -1.56. The van der Waals surface area contributed by atoms with Gasteiger partial charge in [0.1, 0.15) is 18.8 Å². The molecule has 0 unspecified atom stereocenters. The van der Waals surface area contributed by atoms with Crippen LogP contribution in [0.15, 0.2) is 36.5 Å². The lowest BCUT2D eigenvalue weighted by atomic mass is 10.3. The van der Waals surface area contributed by atoms with Crippen LogP contribution < -0.4 is 0 Å². The Balaban J connectivity index is 4.81. The predicted molar refractivity (Wildman–Crippen MR) is 78.2 cm³/mol. The van der Waals surface area contributed by atoms with Gasteiger partial charge in [0, 0.05) is 11.1 Å². The standard InChI is InChI=1S/C15H18O8/c1-8(2)13(18)21-6-11(7-22-14(19)9(3)4)23-15(20)10(5)12(16)17/h11H,1,3,5-7H2,2,4H3,(H,16,17). The lowest BCUT2D eigenvalue weighted by Gasteiger charge is -2.18. The van der Waals surface area contributed by atoms with Crippen molar-refractivity contribution in [3.05, 3.63) is 36.5 Å². The van der Waals surface area contributed by atoms with E-state index >= 15 is 0 Å². The van der Waals surface area contributed by atoms with E-state index in [4.69, 9.17) is 19.3 Å². The molecular formula is C15H18O8. The molecule has 0 bridgehead atoms. The van der Waals surface area contributed by atoms with Gasteiger partial charge in [-0.1, -0.05) is 19.7 Å². The molecule has 126 valence electrons. The van der Waals surface area contributed by atoms with Gasteiger partial charge in [0.25, 0.3) is 0 Å². The van der Waals surface area contributed by atoms with Gasteiger partial charge in [-0.15, -0.1) is 0 Å².